The van der Waals surface area contributed by atoms with Gasteiger partial charge in [0, 0.05) is 53.5 Å². The lowest BCUT2D eigenvalue weighted by atomic mass is 9.60. The van der Waals surface area contributed by atoms with Gasteiger partial charge in [-0.15, -0.1) is 0 Å². The third-order valence-corrected chi connectivity index (χ3v) is 13.9. The molecular formula is C41H54ClFN7O5+. The van der Waals surface area contributed by atoms with Crippen molar-refractivity contribution in [3.8, 4) is 23.1 Å². The zero-order valence-corrected chi connectivity index (χ0v) is 32.8. The average Bonchev–Trinajstić information content (AvgIpc) is 3.94. The van der Waals surface area contributed by atoms with Gasteiger partial charge in [-0.05, 0) is 101 Å². The summed E-state index contributed by atoms with van der Waals surface area (Å²) in [6.07, 6.45) is 13.6. The summed E-state index contributed by atoms with van der Waals surface area (Å²) in [4.78, 5) is 19.3. The minimum absolute atomic E-state index is 0.000817. The number of hydrogen-bond donors (Lipinski definition) is 3. The summed E-state index contributed by atoms with van der Waals surface area (Å²) < 4.78 is 41.6. The molecule has 1 spiro atoms. The standard InChI is InChI=1S/C41H53ClFN7O5/c1-39(51)21-49(13-16-54-22-39)36-32-35(33(43)34(46-37(32)52-2)31-26(20-44)28(45)17-27(42)30(31)24-6-7-24)47-38(48-36)55-23-41-8-3-5-29(41)50(12-4-9-41)25-18-40(19-25)10-14-53-15-11-40/h17,20,24-25,29,44,51H,3-16,18-19,21-23,45H2,1-2H3/p+1. The van der Waals surface area contributed by atoms with E-state index in [1.165, 1.54) is 39.0 Å². The molecule has 14 heteroatoms. The number of anilines is 2. The molecule has 5 N–H and O–H groups in total. The zero-order chi connectivity index (χ0) is 38.1. The summed E-state index contributed by atoms with van der Waals surface area (Å²) in [5.74, 6) is -0.0661. The summed E-state index contributed by atoms with van der Waals surface area (Å²) in [6.45, 7) is 6.11. The van der Waals surface area contributed by atoms with Crippen LogP contribution in [-0.2, 0) is 9.47 Å². The van der Waals surface area contributed by atoms with E-state index in [1.807, 2.05) is 4.90 Å². The van der Waals surface area contributed by atoms with Crippen LogP contribution in [0.5, 0.6) is 11.9 Å². The number of rotatable bonds is 9. The fraction of sp³-hybridized carbons (Fsp3) is 0.659. The number of benzene rings is 1. The number of fused-ring (bicyclic) bond motifs is 2. The normalized spacial score (nSPS) is 28.5. The van der Waals surface area contributed by atoms with Gasteiger partial charge in [-0.1, -0.05) is 18.0 Å². The summed E-state index contributed by atoms with van der Waals surface area (Å²) in [6, 6.07) is 2.77. The monoisotopic (exact) mass is 778 g/mol. The second kappa shape index (κ2) is 14.2. The van der Waals surface area contributed by atoms with Crippen LogP contribution in [0.4, 0.5) is 15.9 Å². The van der Waals surface area contributed by atoms with Gasteiger partial charge < -0.3 is 34.7 Å². The number of hydrogen-bond acceptors (Lipinski definition) is 11. The maximum Gasteiger partial charge on any atom is 0.319 e. The molecule has 5 heterocycles. The number of methoxy groups -OCH3 is 1. The Balaban J connectivity index is 1.12. The van der Waals surface area contributed by atoms with E-state index in [0.29, 0.717) is 64.9 Å². The van der Waals surface area contributed by atoms with Crippen LogP contribution in [0.3, 0.4) is 0 Å². The number of halogens is 2. The van der Waals surface area contributed by atoms with E-state index in [2.05, 4.69) is 4.90 Å². The van der Waals surface area contributed by atoms with Gasteiger partial charge in [-0.2, -0.15) is 9.97 Å². The van der Waals surface area contributed by atoms with Crippen LogP contribution in [-0.4, -0.2) is 109 Å². The molecule has 2 aromatic heterocycles. The molecule has 3 saturated carbocycles. The van der Waals surface area contributed by atoms with Crippen molar-refractivity contribution in [2.45, 2.75) is 101 Å². The number of nitrogens with zero attached hydrogens (tertiary/aromatic N) is 5. The highest BCUT2D eigenvalue weighted by molar-refractivity contribution is 6.32. The van der Waals surface area contributed by atoms with Gasteiger partial charge in [-0.25, -0.2) is 9.37 Å². The first kappa shape index (κ1) is 37.2. The number of aliphatic hydroxyl groups is 1. The molecule has 296 valence electrons. The van der Waals surface area contributed by atoms with Crippen molar-refractivity contribution in [3.05, 3.63) is 28.0 Å². The number of β-amino-alcohol motifs (C(OH)–C–C–N with tert-alkyl or cyclic N) is 1. The van der Waals surface area contributed by atoms with Gasteiger partial charge in [0.15, 0.2) is 12.0 Å². The van der Waals surface area contributed by atoms with Gasteiger partial charge in [0.1, 0.15) is 28.0 Å². The van der Waals surface area contributed by atoms with Gasteiger partial charge in [0.25, 0.3) is 0 Å². The molecule has 12 nitrogen and oxygen atoms in total. The summed E-state index contributed by atoms with van der Waals surface area (Å²) in [5.41, 5.74) is 7.62. The molecule has 1 aromatic carbocycles. The topological polar surface area (TPSA) is 154 Å². The molecule has 3 unspecified atom stereocenters. The minimum atomic E-state index is -1.19. The number of piperidine rings is 1. The molecule has 3 aromatic rings. The van der Waals surface area contributed by atoms with Crippen LogP contribution in [0.15, 0.2) is 6.07 Å². The Labute approximate surface area is 326 Å². The average molecular weight is 779 g/mol. The molecule has 6 fully saturated rings. The van der Waals surface area contributed by atoms with Crippen LogP contribution in [0.2, 0.25) is 5.02 Å². The molecule has 0 radical (unpaired) electrons. The molecular weight excluding hydrogens is 725 g/mol. The second-order valence-electron chi connectivity index (χ2n) is 17.5. The fourth-order valence-electron chi connectivity index (χ4n) is 10.8. The Morgan fingerprint density at radius 1 is 1.07 bits per heavy atom. The predicted octanol–water partition coefficient (Wildman–Crippen LogP) is 4.69. The molecule has 3 aliphatic heterocycles. The highest BCUT2D eigenvalue weighted by atomic mass is 35.5. The number of nitrogens with two attached hydrogens (primary N) is 2. The molecule has 3 atom stereocenters. The fourth-order valence-corrected chi connectivity index (χ4v) is 11.1. The van der Waals surface area contributed by atoms with Gasteiger partial charge >= 0.3 is 6.01 Å². The van der Waals surface area contributed by atoms with Crippen molar-refractivity contribution < 1.29 is 33.9 Å². The molecule has 9 rings (SSSR count). The Kier molecular flexibility index (Phi) is 9.63. The third kappa shape index (κ3) is 6.61. The van der Waals surface area contributed by atoms with E-state index in [4.69, 9.17) is 56.6 Å². The molecule has 0 bridgehead atoms. The van der Waals surface area contributed by atoms with Crippen molar-refractivity contribution in [1.29, 1.82) is 0 Å². The smallest absolute Gasteiger partial charge is 0.319 e. The number of ether oxygens (including phenoxy) is 4. The lowest BCUT2D eigenvalue weighted by molar-refractivity contribution is -0.112. The van der Waals surface area contributed by atoms with E-state index in [1.54, 1.807) is 13.0 Å². The SMILES string of the molecule is COc1nc(-c2c(C=[NH2+])c(N)cc(Cl)c2C2CC2)c(F)c2nc(OCC34CCCC3N(C3CC5(CCOCC5)C3)CCC4)nc(N3CCOCC(C)(O)C3)c12. The Hall–Kier alpha value is -3.36. The minimum Gasteiger partial charge on any atom is -0.480 e. The number of pyridine rings is 1. The van der Waals surface area contributed by atoms with Gasteiger partial charge in [0.05, 0.1) is 39.0 Å². The molecule has 55 heavy (non-hydrogen) atoms. The maximum absolute atomic E-state index is 17.5. The zero-order valence-electron chi connectivity index (χ0n) is 32.0. The van der Waals surface area contributed by atoms with E-state index >= 15 is 4.39 Å². The Morgan fingerprint density at radius 3 is 2.60 bits per heavy atom. The third-order valence-electron chi connectivity index (χ3n) is 13.6. The summed E-state index contributed by atoms with van der Waals surface area (Å²) >= 11 is 6.81. The van der Waals surface area contributed by atoms with Crippen LogP contribution in [0, 0.1) is 16.6 Å². The van der Waals surface area contributed by atoms with Crippen molar-refractivity contribution in [3.63, 3.8) is 0 Å². The predicted molar refractivity (Wildman–Crippen MR) is 208 cm³/mol. The van der Waals surface area contributed by atoms with Crippen molar-refractivity contribution in [1.82, 2.24) is 19.9 Å². The van der Waals surface area contributed by atoms with Crippen LogP contribution < -0.4 is 25.5 Å². The van der Waals surface area contributed by atoms with Crippen LogP contribution in [0.25, 0.3) is 22.2 Å². The lowest BCUT2D eigenvalue weighted by Crippen LogP contribution is -2.61. The van der Waals surface area contributed by atoms with Crippen molar-refractivity contribution in [2.24, 2.45) is 10.8 Å². The molecule has 6 aliphatic rings. The number of nitrogen functional groups attached to an aromatic ring is 1. The van der Waals surface area contributed by atoms with E-state index in [0.717, 1.165) is 70.3 Å². The first-order chi connectivity index (χ1) is 26.5. The maximum atomic E-state index is 17.5. The van der Waals surface area contributed by atoms with Gasteiger partial charge in [-0.3, -0.25) is 10.3 Å². The number of aromatic nitrogens is 3. The second-order valence-corrected chi connectivity index (χ2v) is 17.9. The van der Waals surface area contributed by atoms with E-state index in [9.17, 15) is 5.11 Å². The highest BCUT2D eigenvalue weighted by Crippen LogP contribution is 2.56. The summed E-state index contributed by atoms with van der Waals surface area (Å²) in [5, 5.41) is 18.1. The first-order valence-electron chi connectivity index (χ1n) is 20.2. The van der Waals surface area contributed by atoms with Gasteiger partial charge in [0.2, 0.25) is 5.88 Å². The Bertz CT molecular complexity index is 1980. The van der Waals surface area contributed by atoms with E-state index in [-0.39, 0.29) is 53.0 Å². The first-order valence-corrected chi connectivity index (χ1v) is 20.6. The van der Waals surface area contributed by atoms with Crippen molar-refractivity contribution in [2.75, 3.05) is 70.4 Å². The Morgan fingerprint density at radius 2 is 1.85 bits per heavy atom. The largest absolute Gasteiger partial charge is 0.480 e. The van der Waals surface area contributed by atoms with Crippen LogP contribution in [0.1, 0.15) is 94.6 Å². The lowest BCUT2D eigenvalue weighted by Gasteiger charge is -2.58. The quantitative estimate of drug-likeness (QED) is 0.205. The highest BCUT2D eigenvalue weighted by Gasteiger charge is 2.55. The summed E-state index contributed by atoms with van der Waals surface area (Å²) in [7, 11) is 1.49. The van der Waals surface area contributed by atoms with E-state index < -0.39 is 11.4 Å². The number of likely N-dealkylation sites (tertiary alicyclic amines) is 1. The molecule has 0 amide bonds. The molecule has 3 saturated heterocycles. The molecule has 3 aliphatic carbocycles. The van der Waals surface area contributed by atoms with Crippen molar-refractivity contribution >= 4 is 40.2 Å². The van der Waals surface area contributed by atoms with Crippen LogP contribution >= 0.6 is 11.6 Å².